The first-order chi connectivity index (χ1) is 9.90. The first-order valence-corrected chi connectivity index (χ1v) is 7.61. The molecule has 4 N–H and O–H groups in total. The van der Waals surface area contributed by atoms with E-state index in [4.69, 9.17) is 5.73 Å². The molecule has 0 unspecified atom stereocenters. The van der Waals surface area contributed by atoms with Crippen LogP contribution in [0.15, 0.2) is 0 Å². The quantitative estimate of drug-likeness (QED) is 0.529. The fourth-order valence-electron chi connectivity index (χ4n) is 2.08. The van der Waals surface area contributed by atoms with Gasteiger partial charge in [-0.1, -0.05) is 13.8 Å². The Hall–Kier alpha value is -1.18. The lowest BCUT2D eigenvalue weighted by molar-refractivity contribution is -0.127. The van der Waals surface area contributed by atoms with E-state index >= 15 is 0 Å². The summed E-state index contributed by atoms with van der Waals surface area (Å²) in [6.45, 7) is 9.39. The minimum atomic E-state index is -0.567. The lowest BCUT2D eigenvalue weighted by Gasteiger charge is -2.32. The Bertz CT molecular complexity index is 340. The van der Waals surface area contributed by atoms with Crippen molar-refractivity contribution in [2.24, 2.45) is 11.7 Å². The van der Waals surface area contributed by atoms with Crippen molar-refractivity contribution in [2.45, 2.75) is 19.9 Å². The number of rotatable bonds is 7. The number of piperazine rings is 1. The van der Waals surface area contributed by atoms with Crippen molar-refractivity contribution in [1.29, 1.82) is 0 Å². The molecule has 21 heavy (non-hydrogen) atoms. The van der Waals surface area contributed by atoms with Gasteiger partial charge in [0.1, 0.15) is 0 Å². The van der Waals surface area contributed by atoms with Crippen LogP contribution in [0.5, 0.6) is 0 Å². The van der Waals surface area contributed by atoms with Gasteiger partial charge in [0.05, 0.1) is 12.6 Å². The number of nitrogens with zero attached hydrogens (tertiary/aromatic N) is 2. The summed E-state index contributed by atoms with van der Waals surface area (Å²) in [6.07, 6.45) is 0. The zero-order valence-electron chi connectivity index (χ0n) is 13.4. The molecule has 1 atom stereocenters. The zero-order chi connectivity index (χ0) is 15.8. The molecule has 0 aromatic rings. The van der Waals surface area contributed by atoms with Gasteiger partial charge in [0.2, 0.25) is 11.8 Å². The van der Waals surface area contributed by atoms with E-state index in [9.17, 15) is 9.59 Å². The molecule has 1 rings (SSSR count). The maximum Gasteiger partial charge on any atom is 0.239 e. The minimum Gasteiger partial charge on any atom is -0.353 e. The van der Waals surface area contributed by atoms with Crippen LogP contribution >= 0.6 is 0 Å². The molecule has 7 nitrogen and oxygen atoms in total. The molecule has 0 aromatic carbocycles. The van der Waals surface area contributed by atoms with E-state index < -0.39 is 6.04 Å². The van der Waals surface area contributed by atoms with Gasteiger partial charge >= 0.3 is 0 Å². The second-order valence-electron chi connectivity index (χ2n) is 5.98. The van der Waals surface area contributed by atoms with Gasteiger partial charge in [0, 0.05) is 39.3 Å². The Morgan fingerprint density at radius 1 is 1.14 bits per heavy atom. The maximum absolute atomic E-state index is 11.6. The summed E-state index contributed by atoms with van der Waals surface area (Å²) in [5, 5.41) is 5.38. The Morgan fingerprint density at radius 3 is 2.33 bits per heavy atom. The molecule has 2 amide bonds. The van der Waals surface area contributed by atoms with E-state index in [-0.39, 0.29) is 24.3 Å². The fraction of sp³-hybridized carbons (Fsp3) is 0.857. The van der Waals surface area contributed by atoms with Gasteiger partial charge in [-0.15, -0.1) is 0 Å². The van der Waals surface area contributed by atoms with Crippen LogP contribution in [0, 0.1) is 5.92 Å². The third-order valence-corrected chi connectivity index (χ3v) is 3.79. The van der Waals surface area contributed by atoms with Gasteiger partial charge < -0.3 is 21.3 Å². The second-order valence-corrected chi connectivity index (χ2v) is 5.98. The Balaban J connectivity index is 2.10. The van der Waals surface area contributed by atoms with Crippen molar-refractivity contribution in [3.8, 4) is 0 Å². The van der Waals surface area contributed by atoms with Gasteiger partial charge in [-0.2, -0.15) is 0 Å². The topological polar surface area (TPSA) is 90.7 Å². The van der Waals surface area contributed by atoms with E-state index in [0.717, 1.165) is 32.7 Å². The predicted molar refractivity (Wildman–Crippen MR) is 82.8 cm³/mol. The number of carbonyl (C=O) groups is 2. The van der Waals surface area contributed by atoms with Gasteiger partial charge in [-0.3, -0.25) is 14.5 Å². The van der Waals surface area contributed by atoms with Gasteiger partial charge in [0.25, 0.3) is 0 Å². The number of carbonyl (C=O) groups excluding carboxylic acids is 2. The number of hydrogen-bond donors (Lipinski definition) is 3. The first-order valence-electron chi connectivity index (χ1n) is 7.61. The van der Waals surface area contributed by atoms with E-state index in [1.807, 2.05) is 13.8 Å². The van der Waals surface area contributed by atoms with Crippen LogP contribution < -0.4 is 16.4 Å². The van der Waals surface area contributed by atoms with Crippen molar-refractivity contribution in [3.63, 3.8) is 0 Å². The van der Waals surface area contributed by atoms with Gasteiger partial charge in [0.15, 0.2) is 0 Å². The monoisotopic (exact) mass is 299 g/mol. The lowest BCUT2D eigenvalue weighted by Crippen LogP contribution is -2.49. The van der Waals surface area contributed by atoms with Crippen molar-refractivity contribution < 1.29 is 9.59 Å². The average molecular weight is 299 g/mol. The Labute approximate surface area is 127 Å². The summed E-state index contributed by atoms with van der Waals surface area (Å²) >= 11 is 0. The minimum absolute atomic E-state index is 0.0119. The predicted octanol–water partition coefficient (Wildman–Crippen LogP) is -1.55. The van der Waals surface area contributed by atoms with Crippen molar-refractivity contribution in [1.82, 2.24) is 20.4 Å². The van der Waals surface area contributed by atoms with Crippen LogP contribution in [0.25, 0.3) is 0 Å². The highest BCUT2D eigenvalue weighted by atomic mass is 16.2. The highest BCUT2D eigenvalue weighted by Gasteiger charge is 2.17. The molecule has 1 aliphatic rings. The third-order valence-electron chi connectivity index (χ3n) is 3.79. The van der Waals surface area contributed by atoms with Crippen LogP contribution in [0.3, 0.4) is 0 Å². The zero-order valence-corrected chi connectivity index (χ0v) is 13.4. The van der Waals surface area contributed by atoms with Crippen LogP contribution in [0.2, 0.25) is 0 Å². The van der Waals surface area contributed by atoms with Crippen LogP contribution in [-0.4, -0.2) is 80.5 Å². The molecule has 1 aliphatic heterocycles. The number of likely N-dealkylation sites (N-methyl/N-ethyl adjacent to an activating group) is 1. The fourth-order valence-corrected chi connectivity index (χ4v) is 2.08. The molecule has 1 heterocycles. The summed E-state index contributed by atoms with van der Waals surface area (Å²) in [6, 6.07) is -0.567. The summed E-state index contributed by atoms with van der Waals surface area (Å²) in [5.74, 6) is -0.391. The van der Waals surface area contributed by atoms with Crippen molar-refractivity contribution >= 4 is 11.8 Å². The van der Waals surface area contributed by atoms with Crippen LogP contribution in [0.1, 0.15) is 13.8 Å². The molecule has 0 radical (unpaired) electrons. The van der Waals surface area contributed by atoms with Crippen LogP contribution in [0.4, 0.5) is 0 Å². The summed E-state index contributed by atoms with van der Waals surface area (Å²) < 4.78 is 0. The lowest BCUT2D eigenvalue weighted by atomic mass is 10.1. The molecule has 0 aromatic heterocycles. The molecule has 0 spiro atoms. The molecular formula is C14H29N5O2. The first kappa shape index (κ1) is 17.9. The largest absolute Gasteiger partial charge is 0.353 e. The van der Waals surface area contributed by atoms with Gasteiger partial charge in [-0.25, -0.2) is 0 Å². The van der Waals surface area contributed by atoms with Crippen molar-refractivity contribution in [3.05, 3.63) is 0 Å². The highest BCUT2D eigenvalue weighted by Crippen LogP contribution is 1.98. The molecule has 0 saturated carbocycles. The molecule has 1 fully saturated rings. The normalized spacial score (nSPS) is 18.5. The maximum atomic E-state index is 11.6. The number of amides is 2. The summed E-state index contributed by atoms with van der Waals surface area (Å²) in [4.78, 5) is 27.9. The third kappa shape index (κ3) is 6.88. The Morgan fingerprint density at radius 2 is 1.76 bits per heavy atom. The molecule has 0 bridgehead atoms. The standard InChI is InChI=1S/C14H29N5O2/c1-11(2)13(15)14(21)17-10-12(20)16-4-5-19-8-6-18(3)7-9-19/h11,13H,4-10,15H2,1-3H3,(H,16,20)(H,17,21)/t13-/m0/s1. The van der Waals surface area contributed by atoms with E-state index in [1.54, 1.807) is 0 Å². The van der Waals surface area contributed by atoms with E-state index in [0.29, 0.717) is 6.54 Å². The molecule has 122 valence electrons. The molecule has 7 heteroatoms. The van der Waals surface area contributed by atoms with E-state index in [1.165, 1.54) is 0 Å². The number of nitrogens with one attached hydrogen (secondary N) is 2. The van der Waals surface area contributed by atoms with Gasteiger partial charge in [-0.05, 0) is 13.0 Å². The molecule has 0 aliphatic carbocycles. The molecular weight excluding hydrogens is 270 g/mol. The molecule has 1 saturated heterocycles. The smallest absolute Gasteiger partial charge is 0.239 e. The number of hydrogen-bond acceptors (Lipinski definition) is 5. The second kappa shape index (κ2) is 8.96. The van der Waals surface area contributed by atoms with Crippen LogP contribution in [-0.2, 0) is 9.59 Å². The highest BCUT2D eigenvalue weighted by molar-refractivity contribution is 5.87. The number of nitrogens with two attached hydrogens (primary N) is 1. The average Bonchev–Trinajstić information content (AvgIpc) is 2.46. The van der Waals surface area contributed by atoms with E-state index in [2.05, 4.69) is 27.5 Å². The summed E-state index contributed by atoms with van der Waals surface area (Å²) in [5.41, 5.74) is 5.70. The summed E-state index contributed by atoms with van der Waals surface area (Å²) in [7, 11) is 2.11. The SMILES string of the molecule is CC(C)[C@H](N)C(=O)NCC(=O)NCCN1CCN(C)CC1. The van der Waals surface area contributed by atoms with Crippen molar-refractivity contribution in [2.75, 3.05) is 52.9 Å². The Kier molecular flexibility index (Phi) is 7.63.